The number of hydrogen-bond donors (Lipinski definition) is 1. The van der Waals surface area contributed by atoms with Crippen LogP contribution in [-0.2, 0) is 9.84 Å². The Morgan fingerprint density at radius 2 is 2.22 bits per heavy atom. The van der Waals surface area contributed by atoms with Gasteiger partial charge in [0.1, 0.15) is 5.82 Å². The van der Waals surface area contributed by atoms with E-state index in [1.165, 1.54) is 6.07 Å². The molecule has 3 rings (SSSR count). The lowest BCUT2D eigenvalue weighted by molar-refractivity contribution is 0.541. The number of nitrogens with zero attached hydrogens (tertiary/aromatic N) is 1. The Bertz CT molecular complexity index is 573. The molecule has 0 bridgehead atoms. The molecule has 1 N–H and O–H groups in total. The molecule has 2 aliphatic rings. The van der Waals surface area contributed by atoms with Crippen LogP contribution in [0.1, 0.15) is 6.42 Å². The van der Waals surface area contributed by atoms with Crippen LogP contribution < -0.4 is 10.2 Å². The molecule has 1 aromatic carbocycles. The first-order valence-corrected chi connectivity index (χ1v) is 7.88. The number of para-hydroxylation sites is 1. The Kier molecular flexibility index (Phi) is 2.69. The van der Waals surface area contributed by atoms with E-state index in [-0.39, 0.29) is 23.4 Å². The Hall–Kier alpha value is -1.30. The van der Waals surface area contributed by atoms with Gasteiger partial charge < -0.3 is 10.2 Å². The third-order valence-corrected chi connectivity index (χ3v) is 5.29. The Labute approximate surface area is 106 Å². The minimum absolute atomic E-state index is 0.108. The lowest BCUT2D eigenvalue weighted by Crippen LogP contribution is -2.48. The molecule has 0 aliphatic carbocycles. The highest BCUT2D eigenvalue weighted by molar-refractivity contribution is 7.91. The van der Waals surface area contributed by atoms with Gasteiger partial charge >= 0.3 is 0 Å². The smallest absolute Gasteiger partial charge is 0.154 e. The van der Waals surface area contributed by atoms with Gasteiger partial charge in [-0.15, -0.1) is 0 Å². The summed E-state index contributed by atoms with van der Waals surface area (Å²) in [5.41, 5.74) is 1.28. The minimum Gasteiger partial charge on any atom is -0.383 e. The largest absolute Gasteiger partial charge is 0.383 e. The van der Waals surface area contributed by atoms with Crippen molar-refractivity contribution < 1.29 is 12.8 Å². The van der Waals surface area contributed by atoms with Crippen LogP contribution in [-0.4, -0.2) is 39.1 Å². The van der Waals surface area contributed by atoms with Gasteiger partial charge in [-0.25, -0.2) is 12.8 Å². The number of rotatable bonds is 0. The topological polar surface area (TPSA) is 49.4 Å². The maximum absolute atomic E-state index is 14.0. The second-order valence-corrected chi connectivity index (χ2v) is 7.04. The van der Waals surface area contributed by atoms with Crippen LogP contribution in [0.15, 0.2) is 18.2 Å². The predicted molar refractivity (Wildman–Crippen MR) is 69.3 cm³/mol. The average Bonchev–Trinajstić information content (AvgIpc) is 2.47. The van der Waals surface area contributed by atoms with Crippen molar-refractivity contribution in [3.05, 3.63) is 24.0 Å². The number of nitrogens with one attached hydrogen (secondary N) is 1. The molecule has 0 saturated carbocycles. The normalized spacial score (nSPS) is 25.6. The fraction of sp³-hybridized carbons (Fsp3) is 0.500. The van der Waals surface area contributed by atoms with Crippen LogP contribution in [0, 0.1) is 5.82 Å². The highest BCUT2D eigenvalue weighted by atomic mass is 32.2. The molecule has 0 radical (unpaired) electrons. The number of benzene rings is 1. The maximum atomic E-state index is 14.0. The van der Waals surface area contributed by atoms with Gasteiger partial charge in [0.25, 0.3) is 0 Å². The van der Waals surface area contributed by atoms with Crippen molar-refractivity contribution in [1.29, 1.82) is 0 Å². The second-order valence-electron chi connectivity index (χ2n) is 4.81. The van der Waals surface area contributed by atoms with Gasteiger partial charge in [-0.1, -0.05) is 6.07 Å². The molecule has 18 heavy (non-hydrogen) atoms. The molecule has 98 valence electrons. The van der Waals surface area contributed by atoms with Crippen molar-refractivity contribution in [2.24, 2.45) is 0 Å². The molecule has 0 aromatic heterocycles. The third-order valence-electron chi connectivity index (χ3n) is 3.60. The summed E-state index contributed by atoms with van der Waals surface area (Å²) in [5.74, 6) is -0.0501. The summed E-state index contributed by atoms with van der Waals surface area (Å²) in [4.78, 5) is 1.91. The van der Waals surface area contributed by atoms with Crippen LogP contribution in [0.4, 0.5) is 15.8 Å². The number of sulfone groups is 1. The van der Waals surface area contributed by atoms with E-state index in [4.69, 9.17) is 0 Å². The van der Waals surface area contributed by atoms with Crippen LogP contribution in [0.3, 0.4) is 0 Å². The van der Waals surface area contributed by atoms with E-state index in [2.05, 4.69) is 5.32 Å². The molecule has 1 fully saturated rings. The van der Waals surface area contributed by atoms with E-state index < -0.39 is 9.84 Å². The molecule has 0 amide bonds. The van der Waals surface area contributed by atoms with Crippen LogP contribution in [0.5, 0.6) is 0 Å². The van der Waals surface area contributed by atoms with Gasteiger partial charge in [0, 0.05) is 19.1 Å². The fourth-order valence-electron chi connectivity index (χ4n) is 2.74. The summed E-state index contributed by atoms with van der Waals surface area (Å²) < 4.78 is 37.3. The molecule has 1 saturated heterocycles. The van der Waals surface area contributed by atoms with Crippen molar-refractivity contribution in [2.75, 3.05) is 34.8 Å². The van der Waals surface area contributed by atoms with Gasteiger partial charge in [-0.2, -0.15) is 0 Å². The van der Waals surface area contributed by atoms with E-state index in [0.29, 0.717) is 25.2 Å². The quantitative estimate of drug-likeness (QED) is 0.770. The van der Waals surface area contributed by atoms with E-state index in [1.54, 1.807) is 6.07 Å². The first kappa shape index (κ1) is 11.8. The van der Waals surface area contributed by atoms with Crippen LogP contribution in [0.2, 0.25) is 0 Å². The number of halogens is 1. The zero-order valence-corrected chi connectivity index (χ0v) is 10.7. The Morgan fingerprint density at radius 3 is 3.06 bits per heavy atom. The lowest BCUT2D eigenvalue weighted by Gasteiger charge is -2.36. The Balaban J connectivity index is 2.05. The molecule has 1 atom stereocenters. The highest BCUT2D eigenvalue weighted by Gasteiger charge is 2.34. The average molecular weight is 270 g/mol. The summed E-state index contributed by atoms with van der Waals surface area (Å²) in [6, 6.07) is 4.81. The van der Waals surface area contributed by atoms with E-state index in [1.807, 2.05) is 11.0 Å². The summed E-state index contributed by atoms with van der Waals surface area (Å²) in [6.45, 7) is 1.05. The third kappa shape index (κ3) is 1.94. The molecular weight excluding hydrogens is 255 g/mol. The summed E-state index contributed by atoms with van der Waals surface area (Å²) >= 11 is 0. The fourth-order valence-corrected chi connectivity index (χ4v) is 4.32. The van der Waals surface area contributed by atoms with Crippen molar-refractivity contribution >= 4 is 21.2 Å². The van der Waals surface area contributed by atoms with Crippen molar-refractivity contribution in [2.45, 2.75) is 12.5 Å². The first-order chi connectivity index (χ1) is 8.57. The molecule has 2 heterocycles. The van der Waals surface area contributed by atoms with E-state index >= 15 is 0 Å². The molecule has 0 spiro atoms. The van der Waals surface area contributed by atoms with Crippen molar-refractivity contribution in [3.63, 3.8) is 0 Å². The lowest BCUT2D eigenvalue weighted by atomic mass is 10.1. The number of anilines is 2. The standard InChI is InChI=1S/C12H15FN2O2S/c13-10-2-1-3-11-12(10)15-6-7-18(16,17)8-9(15)4-5-14-11/h1-3,9,14H,4-8H2. The van der Waals surface area contributed by atoms with Crippen molar-refractivity contribution in [3.8, 4) is 0 Å². The van der Waals surface area contributed by atoms with Gasteiger partial charge in [0.2, 0.25) is 0 Å². The van der Waals surface area contributed by atoms with Crippen LogP contribution >= 0.6 is 0 Å². The van der Waals surface area contributed by atoms with Gasteiger partial charge in [-0.05, 0) is 18.6 Å². The monoisotopic (exact) mass is 270 g/mol. The van der Waals surface area contributed by atoms with E-state index in [0.717, 1.165) is 5.69 Å². The first-order valence-electron chi connectivity index (χ1n) is 6.06. The minimum atomic E-state index is -2.98. The second kappa shape index (κ2) is 4.12. The number of fused-ring (bicyclic) bond motifs is 3. The number of hydrogen-bond acceptors (Lipinski definition) is 4. The molecule has 4 nitrogen and oxygen atoms in total. The summed E-state index contributed by atoms with van der Waals surface area (Å²) in [6.07, 6.45) is 0.716. The summed E-state index contributed by atoms with van der Waals surface area (Å²) in [7, 11) is -2.98. The van der Waals surface area contributed by atoms with Crippen LogP contribution in [0.25, 0.3) is 0 Å². The molecule has 2 aliphatic heterocycles. The molecule has 6 heteroatoms. The Morgan fingerprint density at radius 1 is 1.39 bits per heavy atom. The van der Waals surface area contributed by atoms with Crippen molar-refractivity contribution in [1.82, 2.24) is 0 Å². The summed E-state index contributed by atoms with van der Waals surface area (Å²) in [5, 5.41) is 3.17. The van der Waals surface area contributed by atoms with Gasteiger partial charge in [0.15, 0.2) is 9.84 Å². The molecule has 1 aromatic rings. The zero-order chi connectivity index (χ0) is 12.8. The predicted octanol–water partition coefficient (Wildman–Crippen LogP) is 1.24. The van der Waals surface area contributed by atoms with Gasteiger partial charge in [0.05, 0.1) is 22.9 Å². The maximum Gasteiger partial charge on any atom is 0.154 e. The highest BCUT2D eigenvalue weighted by Crippen LogP contribution is 2.35. The SMILES string of the molecule is O=S1(=O)CCN2c3c(F)cccc3NCCC2C1. The van der Waals surface area contributed by atoms with E-state index in [9.17, 15) is 12.8 Å². The molecule has 1 unspecified atom stereocenters. The zero-order valence-electron chi connectivity index (χ0n) is 9.89. The van der Waals surface area contributed by atoms with Gasteiger partial charge in [-0.3, -0.25) is 0 Å². The molecular formula is C12H15FN2O2S.